The van der Waals surface area contributed by atoms with E-state index in [4.69, 9.17) is 0 Å². The molecule has 0 saturated heterocycles. The Kier molecular flexibility index (Phi) is 1.95. The van der Waals surface area contributed by atoms with Crippen LogP contribution in [0.2, 0.25) is 0 Å². The van der Waals surface area contributed by atoms with E-state index in [0.717, 1.165) is 23.7 Å². The molecule has 0 amide bonds. The van der Waals surface area contributed by atoms with Crippen molar-refractivity contribution in [3.8, 4) is 0 Å². The van der Waals surface area contributed by atoms with Crippen molar-refractivity contribution >= 4 is 0 Å². The number of hydrogen-bond donors (Lipinski definition) is 0. The van der Waals surface area contributed by atoms with E-state index in [1.807, 2.05) is 0 Å². The molecule has 0 N–H and O–H groups in total. The maximum absolute atomic E-state index is 2.41. The summed E-state index contributed by atoms with van der Waals surface area (Å²) in [5, 5.41) is 0. The van der Waals surface area contributed by atoms with Gasteiger partial charge in [-0.2, -0.15) is 0 Å². The fourth-order valence-electron chi connectivity index (χ4n) is 3.17. The van der Waals surface area contributed by atoms with Crippen LogP contribution in [0.5, 0.6) is 0 Å². The lowest BCUT2D eigenvalue weighted by Crippen LogP contribution is -2.38. The van der Waals surface area contributed by atoms with Gasteiger partial charge in [-0.25, -0.2) is 0 Å². The standard InChI is InChI=1S/C11H20/c1-8(2)10-5-3-4-9-6-7-11(9)10/h8-11H,3-7H2,1-2H3. The molecule has 0 aromatic rings. The predicted octanol–water partition coefficient (Wildman–Crippen LogP) is 3.47. The highest BCUT2D eigenvalue weighted by Crippen LogP contribution is 2.50. The molecule has 0 nitrogen and oxygen atoms in total. The zero-order valence-electron chi connectivity index (χ0n) is 7.84. The van der Waals surface area contributed by atoms with Crippen LogP contribution in [0.25, 0.3) is 0 Å². The Balaban J connectivity index is 1.98. The fourth-order valence-corrected chi connectivity index (χ4v) is 3.17. The molecule has 2 aliphatic rings. The number of fused-ring (bicyclic) bond motifs is 1. The van der Waals surface area contributed by atoms with E-state index in [0.29, 0.717) is 0 Å². The van der Waals surface area contributed by atoms with Crippen molar-refractivity contribution in [2.75, 3.05) is 0 Å². The molecule has 11 heavy (non-hydrogen) atoms. The largest absolute Gasteiger partial charge is 0.0625 e. The first-order chi connectivity index (χ1) is 5.29. The van der Waals surface area contributed by atoms with Gasteiger partial charge < -0.3 is 0 Å². The molecule has 2 aliphatic carbocycles. The van der Waals surface area contributed by atoms with Crippen molar-refractivity contribution in [2.45, 2.75) is 46.0 Å². The Bertz CT molecular complexity index is 137. The Morgan fingerprint density at radius 2 is 1.82 bits per heavy atom. The van der Waals surface area contributed by atoms with Crippen LogP contribution in [0.1, 0.15) is 46.0 Å². The molecule has 0 heteroatoms. The second-order valence-electron chi connectivity index (χ2n) is 4.84. The molecule has 0 aliphatic heterocycles. The second kappa shape index (κ2) is 2.80. The molecule has 64 valence electrons. The molecule has 0 radical (unpaired) electrons. The highest BCUT2D eigenvalue weighted by molar-refractivity contribution is 4.90. The summed E-state index contributed by atoms with van der Waals surface area (Å²) in [6.45, 7) is 4.82. The molecule has 0 bridgehead atoms. The van der Waals surface area contributed by atoms with E-state index in [1.54, 1.807) is 19.3 Å². The number of rotatable bonds is 1. The van der Waals surface area contributed by atoms with Gasteiger partial charge in [-0.15, -0.1) is 0 Å². The van der Waals surface area contributed by atoms with Crippen molar-refractivity contribution in [3.05, 3.63) is 0 Å². The highest BCUT2D eigenvalue weighted by atomic mass is 14.4. The normalized spacial score (nSPS) is 43.4. The van der Waals surface area contributed by atoms with E-state index >= 15 is 0 Å². The van der Waals surface area contributed by atoms with Crippen LogP contribution in [0, 0.1) is 23.7 Å². The summed E-state index contributed by atoms with van der Waals surface area (Å²) in [4.78, 5) is 0. The van der Waals surface area contributed by atoms with Crippen LogP contribution < -0.4 is 0 Å². The van der Waals surface area contributed by atoms with Crippen molar-refractivity contribution in [2.24, 2.45) is 23.7 Å². The Morgan fingerprint density at radius 1 is 1.00 bits per heavy atom. The molecule has 0 aromatic carbocycles. The van der Waals surface area contributed by atoms with E-state index in [1.165, 1.54) is 12.8 Å². The molecule has 2 fully saturated rings. The Morgan fingerprint density at radius 3 is 2.27 bits per heavy atom. The van der Waals surface area contributed by atoms with Crippen LogP contribution >= 0.6 is 0 Å². The summed E-state index contributed by atoms with van der Waals surface area (Å²) in [5.74, 6) is 4.32. The van der Waals surface area contributed by atoms with Gasteiger partial charge >= 0.3 is 0 Å². The van der Waals surface area contributed by atoms with E-state index in [-0.39, 0.29) is 0 Å². The molecule has 0 spiro atoms. The summed E-state index contributed by atoms with van der Waals surface area (Å²) in [6.07, 6.45) is 7.69. The molecule has 0 heterocycles. The van der Waals surface area contributed by atoms with E-state index in [2.05, 4.69) is 13.8 Å². The van der Waals surface area contributed by atoms with Crippen molar-refractivity contribution in [1.82, 2.24) is 0 Å². The van der Waals surface area contributed by atoms with Crippen molar-refractivity contribution in [1.29, 1.82) is 0 Å². The molecule has 2 rings (SSSR count). The lowest BCUT2D eigenvalue weighted by atomic mass is 9.58. The highest BCUT2D eigenvalue weighted by Gasteiger charge is 2.40. The van der Waals surface area contributed by atoms with Gasteiger partial charge in [0.25, 0.3) is 0 Å². The Hall–Kier alpha value is 0. The first-order valence-electron chi connectivity index (χ1n) is 5.29. The van der Waals surface area contributed by atoms with Crippen LogP contribution in [0.3, 0.4) is 0 Å². The minimum absolute atomic E-state index is 0.947. The van der Waals surface area contributed by atoms with Gasteiger partial charge in [0.1, 0.15) is 0 Å². The van der Waals surface area contributed by atoms with Gasteiger partial charge in [-0.1, -0.05) is 26.7 Å². The van der Waals surface area contributed by atoms with Gasteiger partial charge in [0, 0.05) is 0 Å². The van der Waals surface area contributed by atoms with Crippen LogP contribution in [0.15, 0.2) is 0 Å². The second-order valence-corrected chi connectivity index (χ2v) is 4.84. The lowest BCUT2D eigenvalue weighted by Gasteiger charge is -2.47. The molecular weight excluding hydrogens is 132 g/mol. The third kappa shape index (κ3) is 1.21. The minimum Gasteiger partial charge on any atom is -0.0625 e. The van der Waals surface area contributed by atoms with Gasteiger partial charge in [-0.3, -0.25) is 0 Å². The monoisotopic (exact) mass is 152 g/mol. The van der Waals surface area contributed by atoms with Crippen LogP contribution in [0.4, 0.5) is 0 Å². The average Bonchev–Trinajstić information content (AvgIpc) is 1.90. The molecule has 3 unspecified atom stereocenters. The van der Waals surface area contributed by atoms with Crippen molar-refractivity contribution in [3.63, 3.8) is 0 Å². The number of hydrogen-bond acceptors (Lipinski definition) is 0. The third-order valence-electron chi connectivity index (χ3n) is 3.99. The van der Waals surface area contributed by atoms with Gasteiger partial charge in [0.05, 0.1) is 0 Å². The van der Waals surface area contributed by atoms with Gasteiger partial charge in [0.2, 0.25) is 0 Å². The fraction of sp³-hybridized carbons (Fsp3) is 1.00. The molecule has 0 aromatic heterocycles. The van der Waals surface area contributed by atoms with E-state index < -0.39 is 0 Å². The summed E-state index contributed by atoms with van der Waals surface area (Å²) < 4.78 is 0. The molecular formula is C11H20. The summed E-state index contributed by atoms with van der Waals surface area (Å²) in [7, 11) is 0. The van der Waals surface area contributed by atoms with Crippen molar-refractivity contribution < 1.29 is 0 Å². The smallest absolute Gasteiger partial charge is 0.0355 e. The quantitative estimate of drug-likeness (QED) is 0.539. The average molecular weight is 152 g/mol. The zero-order valence-corrected chi connectivity index (χ0v) is 7.84. The SMILES string of the molecule is CC(C)C1CCCC2CCC21. The van der Waals surface area contributed by atoms with Crippen LogP contribution in [-0.2, 0) is 0 Å². The first-order valence-corrected chi connectivity index (χ1v) is 5.29. The predicted molar refractivity (Wildman–Crippen MR) is 48.4 cm³/mol. The molecule has 3 atom stereocenters. The van der Waals surface area contributed by atoms with Gasteiger partial charge in [0.15, 0.2) is 0 Å². The van der Waals surface area contributed by atoms with Gasteiger partial charge in [-0.05, 0) is 42.9 Å². The topological polar surface area (TPSA) is 0 Å². The summed E-state index contributed by atoms with van der Waals surface area (Å²) in [5.41, 5.74) is 0. The minimum atomic E-state index is 0.947. The maximum atomic E-state index is 2.41. The lowest BCUT2D eigenvalue weighted by molar-refractivity contribution is 0.0281. The maximum Gasteiger partial charge on any atom is -0.0355 e. The van der Waals surface area contributed by atoms with E-state index in [9.17, 15) is 0 Å². The summed E-state index contributed by atoms with van der Waals surface area (Å²) in [6, 6.07) is 0. The molecule has 2 saturated carbocycles. The summed E-state index contributed by atoms with van der Waals surface area (Å²) >= 11 is 0. The first kappa shape index (κ1) is 7.64. The zero-order chi connectivity index (χ0) is 7.84. The van der Waals surface area contributed by atoms with Crippen LogP contribution in [-0.4, -0.2) is 0 Å². The Labute approximate surface area is 70.4 Å². The third-order valence-corrected chi connectivity index (χ3v) is 3.99.